The summed E-state index contributed by atoms with van der Waals surface area (Å²) in [6.45, 7) is 6.85. The average molecular weight is 630 g/mol. The van der Waals surface area contributed by atoms with Crippen molar-refractivity contribution in [3.05, 3.63) is 81.9 Å². The molecule has 4 aromatic rings. The number of pyridine rings is 2. The number of benzene rings is 1. The molecule has 0 radical (unpaired) electrons. The van der Waals surface area contributed by atoms with Crippen molar-refractivity contribution >= 4 is 21.6 Å². The van der Waals surface area contributed by atoms with E-state index in [1.807, 2.05) is 6.92 Å². The third kappa shape index (κ3) is 5.09. The highest BCUT2D eigenvalue weighted by Crippen LogP contribution is 2.46. The SMILES string of the molecule is Cc1cnc2c(c1)S(=O)(=O)N(Cc1cc(C(c3ccn4c(C(F)(F)F)nnc4c3C)C(C)C(=O)O)ccc1C)CC1(CC1)O2. The fourth-order valence-corrected chi connectivity index (χ4v) is 7.51. The van der Waals surface area contributed by atoms with E-state index in [9.17, 15) is 31.5 Å². The molecule has 1 spiro atoms. The third-order valence-electron chi connectivity index (χ3n) is 8.58. The van der Waals surface area contributed by atoms with Crippen LogP contribution in [0.5, 0.6) is 5.88 Å². The first-order valence-electron chi connectivity index (χ1n) is 14.0. The summed E-state index contributed by atoms with van der Waals surface area (Å²) >= 11 is 0. The van der Waals surface area contributed by atoms with E-state index in [4.69, 9.17) is 4.74 Å². The molecule has 2 atom stereocenters. The zero-order chi connectivity index (χ0) is 31.8. The minimum Gasteiger partial charge on any atom is -0.481 e. The highest BCUT2D eigenvalue weighted by molar-refractivity contribution is 7.89. The Labute approximate surface area is 251 Å². The van der Waals surface area contributed by atoms with Crippen molar-refractivity contribution in [3.63, 3.8) is 0 Å². The van der Waals surface area contributed by atoms with Crippen molar-refractivity contribution in [2.24, 2.45) is 5.92 Å². The normalized spacial score (nSPS) is 18.8. The summed E-state index contributed by atoms with van der Waals surface area (Å²) in [5.41, 5.74) is 2.85. The largest absolute Gasteiger partial charge is 0.481 e. The summed E-state index contributed by atoms with van der Waals surface area (Å²) in [5, 5.41) is 17.1. The van der Waals surface area contributed by atoms with Crippen LogP contribution in [0.4, 0.5) is 13.2 Å². The summed E-state index contributed by atoms with van der Waals surface area (Å²) < 4.78 is 76.7. The molecule has 14 heteroatoms. The van der Waals surface area contributed by atoms with E-state index in [-0.39, 0.29) is 29.5 Å². The smallest absolute Gasteiger partial charge is 0.452 e. The number of halogens is 3. The first kappa shape index (κ1) is 30.0. The molecule has 10 nitrogen and oxygen atoms in total. The van der Waals surface area contributed by atoms with Gasteiger partial charge in [-0.3, -0.25) is 9.20 Å². The number of carboxylic acid groups (broad SMARTS) is 1. The van der Waals surface area contributed by atoms with Crippen LogP contribution in [-0.2, 0) is 27.5 Å². The lowest BCUT2D eigenvalue weighted by Crippen LogP contribution is -2.38. The zero-order valence-electron chi connectivity index (χ0n) is 24.4. The van der Waals surface area contributed by atoms with Gasteiger partial charge in [0, 0.05) is 24.9 Å². The molecule has 1 saturated carbocycles. The molecule has 0 saturated heterocycles. The third-order valence-corrected chi connectivity index (χ3v) is 10.4. The number of carbonyl (C=O) groups is 1. The van der Waals surface area contributed by atoms with Crippen LogP contribution in [-0.4, -0.2) is 55.5 Å². The fraction of sp³-hybridized carbons (Fsp3) is 0.400. The van der Waals surface area contributed by atoms with Crippen LogP contribution in [0.3, 0.4) is 0 Å². The van der Waals surface area contributed by atoms with Gasteiger partial charge in [-0.25, -0.2) is 13.4 Å². The van der Waals surface area contributed by atoms with Gasteiger partial charge in [-0.15, -0.1) is 10.2 Å². The Morgan fingerprint density at radius 2 is 1.86 bits per heavy atom. The van der Waals surface area contributed by atoms with Crippen molar-refractivity contribution in [1.29, 1.82) is 0 Å². The lowest BCUT2D eigenvalue weighted by atomic mass is 9.79. The van der Waals surface area contributed by atoms with Crippen LogP contribution in [0, 0.1) is 26.7 Å². The number of ether oxygens (including phenoxy) is 1. The molecule has 4 heterocycles. The van der Waals surface area contributed by atoms with Crippen LogP contribution in [0.15, 0.2) is 47.6 Å². The second-order valence-electron chi connectivity index (χ2n) is 11.8. The molecule has 2 aliphatic rings. The Bertz CT molecular complexity index is 1920. The quantitative estimate of drug-likeness (QED) is 0.315. The summed E-state index contributed by atoms with van der Waals surface area (Å²) in [7, 11) is -4.00. The maximum atomic E-state index is 13.9. The predicted molar refractivity (Wildman–Crippen MR) is 152 cm³/mol. The molecule has 2 unspecified atom stereocenters. The molecule has 1 aliphatic carbocycles. The summed E-state index contributed by atoms with van der Waals surface area (Å²) in [4.78, 5) is 16.6. The number of rotatable bonds is 6. The standard InChI is InChI=1S/C30H30F3N5O5S/c1-16-11-23-26(34-13-16)43-29(8-9-29)15-37(44(23,41)42)14-21-12-20(6-5-17(21)2)24(19(4)27(39)40)22-7-10-38-25(18(22)3)35-36-28(38)30(31,32)33/h5-7,10-13,19,24H,8-9,14-15H2,1-4H3,(H,39,40). The maximum Gasteiger partial charge on any atom is 0.452 e. The van der Waals surface area contributed by atoms with Gasteiger partial charge in [-0.05, 0) is 79.1 Å². The van der Waals surface area contributed by atoms with E-state index in [0.717, 1.165) is 9.96 Å². The Morgan fingerprint density at radius 1 is 1.14 bits per heavy atom. The maximum absolute atomic E-state index is 13.9. The molecule has 0 bridgehead atoms. The van der Waals surface area contributed by atoms with Crippen molar-refractivity contribution in [2.45, 2.75) is 69.7 Å². The summed E-state index contributed by atoms with van der Waals surface area (Å²) in [6, 6.07) is 8.36. The van der Waals surface area contributed by atoms with Gasteiger partial charge >= 0.3 is 12.1 Å². The number of carboxylic acids is 1. The molecule has 1 fully saturated rings. The van der Waals surface area contributed by atoms with E-state index in [2.05, 4.69) is 15.2 Å². The molecular weight excluding hydrogens is 599 g/mol. The van der Waals surface area contributed by atoms with Crippen molar-refractivity contribution in [3.8, 4) is 5.88 Å². The second-order valence-corrected chi connectivity index (χ2v) is 13.7. The number of hydrogen-bond acceptors (Lipinski definition) is 7. The number of sulfonamides is 1. The van der Waals surface area contributed by atoms with E-state index in [0.29, 0.717) is 40.7 Å². The van der Waals surface area contributed by atoms with Crippen molar-refractivity contribution in [2.75, 3.05) is 6.54 Å². The summed E-state index contributed by atoms with van der Waals surface area (Å²) in [6.07, 6.45) is -0.582. The number of aliphatic carboxylic acids is 1. The number of nitrogens with zero attached hydrogens (tertiary/aromatic N) is 5. The molecule has 6 rings (SSSR count). The minimum absolute atomic E-state index is 0.00270. The first-order valence-corrected chi connectivity index (χ1v) is 15.4. The minimum atomic E-state index is -4.72. The van der Waals surface area contributed by atoms with Gasteiger partial charge in [-0.1, -0.05) is 25.1 Å². The Balaban J connectivity index is 1.43. The van der Waals surface area contributed by atoms with Gasteiger partial charge in [0.1, 0.15) is 10.5 Å². The number of hydrogen-bond donors (Lipinski definition) is 1. The van der Waals surface area contributed by atoms with E-state index < -0.39 is 45.4 Å². The molecule has 1 aliphatic heterocycles. The van der Waals surface area contributed by atoms with Gasteiger partial charge in [0.15, 0.2) is 5.65 Å². The molecule has 0 amide bonds. The molecule has 3 aromatic heterocycles. The number of aromatic nitrogens is 4. The molecule has 44 heavy (non-hydrogen) atoms. The van der Waals surface area contributed by atoms with Gasteiger partial charge in [-0.2, -0.15) is 17.5 Å². The lowest BCUT2D eigenvalue weighted by Gasteiger charge is -2.27. The molecule has 1 N–H and O–H groups in total. The topological polar surface area (TPSA) is 127 Å². The number of alkyl halides is 3. The second kappa shape index (κ2) is 10.3. The van der Waals surface area contributed by atoms with Crippen molar-refractivity contribution in [1.82, 2.24) is 23.9 Å². The zero-order valence-corrected chi connectivity index (χ0v) is 25.2. The van der Waals surface area contributed by atoms with Gasteiger partial charge < -0.3 is 9.84 Å². The Morgan fingerprint density at radius 3 is 2.52 bits per heavy atom. The predicted octanol–water partition coefficient (Wildman–Crippen LogP) is 5.04. The Hall–Kier alpha value is -4.04. The van der Waals surface area contributed by atoms with Crippen LogP contribution in [0.1, 0.15) is 64.9 Å². The number of fused-ring (bicyclic) bond motifs is 2. The molecule has 232 valence electrons. The highest BCUT2D eigenvalue weighted by Gasteiger charge is 2.52. The molecule has 1 aromatic carbocycles. The van der Waals surface area contributed by atoms with Crippen LogP contribution in [0.2, 0.25) is 0 Å². The van der Waals surface area contributed by atoms with Crippen molar-refractivity contribution < 1.29 is 36.2 Å². The highest BCUT2D eigenvalue weighted by atomic mass is 32.2. The van der Waals surface area contributed by atoms with Gasteiger partial charge in [0.25, 0.3) is 0 Å². The van der Waals surface area contributed by atoms with Crippen LogP contribution < -0.4 is 4.74 Å². The monoisotopic (exact) mass is 629 g/mol. The lowest BCUT2D eigenvalue weighted by molar-refractivity contribution is -0.145. The average Bonchev–Trinajstić information content (AvgIpc) is 3.56. The Kier molecular flexibility index (Phi) is 7.00. The van der Waals surface area contributed by atoms with Gasteiger partial charge in [0.2, 0.25) is 21.7 Å². The van der Waals surface area contributed by atoms with E-state index in [1.54, 1.807) is 44.3 Å². The summed E-state index contributed by atoms with van der Waals surface area (Å²) in [5.74, 6) is -3.96. The number of aryl methyl sites for hydroxylation is 3. The van der Waals surface area contributed by atoms with Crippen LogP contribution >= 0.6 is 0 Å². The fourth-order valence-electron chi connectivity index (χ4n) is 5.87. The first-order chi connectivity index (χ1) is 20.6. The van der Waals surface area contributed by atoms with E-state index in [1.165, 1.54) is 23.5 Å². The molecular formula is C30H30F3N5O5S. The van der Waals surface area contributed by atoms with Crippen LogP contribution in [0.25, 0.3) is 5.65 Å². The van der Waals surface area contributed by atoms with Gasteiger partial charge in [0.05, 0.1) is 12.5 Å². The van der Waals surface area contributed by atoms with E-state index >= 15 is 0 Å².